The number of likely N-dealkylation sites (N-methyl/N-ethyl adjacent to an activating group) is 1. The van der Waals surface area contributed by atoms with Crippen LogP contribution in [0, 0.1) is 0 Å². The van der Waals surface area contributed by atoms with Gasteiger partial charge in [0.05, 0.1) is 6.04 Å². The number of carbonyl (C=O) groups excluding carboxylic acids is 1. The number of nitrogens with one attached hydrogen (secondary N) is 1. The molecule has 0 spiro atoms. The van der Waals surface area contributed by atoms with Gasteiger partial charge in [-0.2, -0.15) is 0 Å². The van der Waals surface area contributed by atoms with Crippen LogP contribution in [0.2, 0.25) is 0 Å². The summed E-state index contributed by atoms with van der Waals surface area (Å²) in [4.78, 5) is 21.7. The second-order valence-electron chi connectivity index (χ2n) is 7.48. The second kappa shape index (κ2) is 7.98. The van der Waals surface area contributed by atoms with E-state index < -0.39 is 0 Å². The minimum Gasteiger partial charge on any atom is -0.368 e. The summed E-state index contributed by atoms with van der Waals surface area (Å²) in [5, 5.41) is 5.39. The van der Waals surface area contributed by atoms with Gasteiger partial charge in [-0.3, -0.25) is 9.78 Å². The summed E-state index contributed by atoms with van der Waals surface area (Å²) in [6.45, 7) is 6.11. The molecule has 0 bridgehead atoms. The second-order valence-corrected chi connectivity index (χ2v) is 7.48. The van der Waals surface area contributed by atoms with Crippen molar-refractivity contribution in [2.24, 2.45) is 0 Å². The number of piperazine rings is 1. The van der Waals surface area contributed by atoms with Gasteiger partial charge < -0.3 is 15.1 Å². The molecule has 5 heteroatoms. The van der Waals surface area contributed by atoms with Gasteiger partial charge in [-0.15, -0.1) is 0 Å². The molecule has 1 aliphatic rings. The van der Waals surface area contributed by atoms with Crippen LogP contribution >= 0.6 is 0 Å². The van der Waals surface area contributed by atoms with Gasteiger partial charge in [0.25, 0.3) is 5.91 Å². The predicted octanol–water partition coefficient (Wildman–Crippen LogP) is 3.48. The number of benzene rings is 2. The lowest BCUT2D eigenvalue weighted by Crippen LogP contribution is -2.44. The molecule has 5 nitrogen and oxygen atoms in total. The Bertz CT molecular complexity index is 965. The highest BCUT2D eigenvalue weighted by Gasteiger charge is 2.17. The predicted molar refractivity (Wildman–Crippen MR) is 114 cm³/mol. The Labute approximate surface area is 166 Å². The van der Waals surface area contributed by atoms with Crippen molar-refractivity contribution in [3.63, 3.8) is 0 Å². The fourth-order valence-corrected chi connectivity index (χ4v) is 3.74. The van der Waals surface area contributed by atoms with Gasteiger partial charge in [0.15, 0.2) is 0 Å². The minimum absolute atomic E-state index is 0.0561. The number of carbonyl (C=O) groups is 1. The maximum atomic E-state index is 12.9. The molecule has 2 heterocycles. The van der Waals surface area contributed by atoms with Gasteiger partial charge in [0.1, 0.15) is 0 Å². The quantitative estimate of drug-likeness (QED) is 0.760. The first-order valence-corrected chi connectivity index (χ1v) is 9.79. The monoisotopic (exact) mass is 374 g/mol. The fraction of sp³-hybridized carbons (Fsp3) is 0.304. The maximum absolute atomic E-state index is 12.9. The van der Waals surface area contributed by atoms with Crippen molar-refractivity contribution in [1.29, 1.82) is 0 Å². The summed E-state index contributed by atoms with van der Waals surface area (Å²) in [5.41, 5.74) is 2.94. The number of aromatic nitrogens is 1. The van der Waals surface area contributed by atoms with Gasteiger partial charge in [0.2, 0.25) is 0 Å². The van der Waals surface area contributed by atoms with Crippen LogP contribution in [0.5, 0.6) is 0 Å². The number of rotatable bonds is 4. The average Bonchev–Trinajstić information content (AvgIpc) is 2.74. The van der Waals surface area contributed by atoms with E-state index in [1.165, 1.54) is 5.69 Å². The van der Waals surface area contributed by atoms with Gasteiger partial charge in [-0.25, -0.2) is 0 Å². The number of anilines is 1. The topological polar surface area (TPSA) is 48.5 Å². The van der Waals surface area contributed by atoms with Crippen LogP contribution in [0.25, 0.3) is 10.8 Å². The molecule has 2 aromatic carbocycles. The number of amides is 1. The average molecular weight is 374 g/mol. The zero-order valence-electron chi connectivity index (χ0n) is 16.4. The zero-order valence-corrected chi connectivity index (χ0v) is 16.4. The van der Waals surface area contributed by atoms with Crippen LogP contribution in [0.1, 0.15) is 28.9 Å². The molecule has 1 saturated heterocycles. The highest BCUT2D eigenvalue weighted by molar-refractivity contribution is 6.02. The molecule has 0 aliphatic carbocycles. The first-order chi connectivity index (χ1) is 13.6. The standard InChI is InChI=1S/C23H26N4O/c1-17(18-8-10-24-11-9-18)25-23(28)20-7-6-19-4-3-5-22(21(19)16-20)27-14-12-26(2)13-15-27/h3-11,16-17H,12-15H2,1-2H3,(H,25,28). The summed E-state index contributed by atoms with van der Waals surface area (Å²) >= 11 is 0. The van der Waals surface area contributed by atoms with E-state index in [1.807, 2.05) is 37.3 Å². The summed E-state index contributed by atoms with van der Waals surface area (Å²) in [6.07, 6.45) is 3.49. The maximum Gasteiger partial charge on any atom is 0.251 e. The molecular weight excluding hydrogens is 348 g/mol. The van der Waals surface area contributed by atoms with Crippen molar-refractivity contribution in [3.8, 4) is 0 Å². The third kappa shape index (κ3) is 3.85. The van der Waals surface area contributed by atoms with Gasteiger partial charge in [-0.1, -0.05) is 18.2 Å². The summed E-state index contributed by atoms with van der Waals surface area (Å²) in [6, 6.07) is 16.1. The van der Waals surface area contributed by atoms with Crippen LogP contribution in [0.4, 0.5) is 5.69 Å². The van der Waals surface area contributed by atoms with Crippen molar-refractivity contribution in [2.75, 3.05) is 38.1 Å². The van der Waals surface area contributed by atoms with Crippen LogP contribution in [0.15, 0.2) is 60.9 Å². The highest BCUT2D eigenvalue weighted by Crippen LogP contribution is 2.29. The van der Waals surface area contributed by atoms with Crippen LogP contribution < -0.4 is 10.2 Å². The molecule has 1 fully saturated rings. The van der Waals surface area contributed by atoms with E-state index in [0.717, 1.165) is 42.5 Å². The van der Waals surface area contributed by atoms with E-state index in [1.54, 1.807) is 12.4 Å². The van der Waals surface area contributed by atoms with E-state index in [0.29, 0.717) is 5.56 Å². The minimum atomic E-state index is -0.0703. The van der Waals surface area contributed by atoms with Crippen LogP contribution in [-0.2, 0) is 0 Å². The van der Waals surface area contributed by atoms with E-state index >= 15 is 0 Å². The van der Waals surface area contributed by atoms with Crippen molar-refractivity contribution in [1.82, 2.24) is 15.2 Å². The van der Waals surface area contributed by atoms with Crippen molar-refractivity contribution in [3.05, 3.63) is 72.1 Å². The van der Waals surface area contributed by atoms with Gasteiger partial charge >= 0.3 is 0 Å². The molecule has 4 rings (SSSR count). The summed E-state index contributed by atoms with van der Waals surface area (Å²) in [7, 11) is 2.16. The SMILES string of the molecule is CC(NC(=O)c1ccc2cccc(N3CCN(C)CC3)c2c1)c1ccncc1. The molecule has 1 unspecified atom stereocenters. The van der Waals surface area contributed by atoms with Gasteiger partial charge in [-0.05, 0) is 55.3 Å². The molecule has 1 amide bonds. The molecule has 28 heavy (non-hydrogen) atoms. The van der Waals surface area contributed by atoms with E-state index in [4.69, 9.17) is 0 Å². The Balaban J connectivity index is 1.60. The Morgan fingerprint density at radius 2 is 1.79 bits per heavy atom. The number of nitrogens with zero attached hydrogens (tertiary/aromatic N) is 3. The molecule has 1 aliphatic heterocycles. The highest BCUT2D eigenvalue weighted by atomic mass is 16.1. The fourth-order valence-electron chi connectivity index (χ4n) is 3.74. The molecule has 1 aromatic heterocycles. The molecule has 1 atom stereocenters. The molecule has 0 saturated carbocycles. The number of fused-ring (bicyclic) bond motifs is 1. The third-order valence-corrected chi connectivity index (χ3v) is 5.52. The smallest absolute Gasteiger partial charge is 0.251 e. The lowest BCUT2D eigenvalue weighted by atomic mass is 10.0. The van der Waals surface area contributed by atoms with Crippen LogP contribution in [-0.4, -0.2) is 49.0 Å². The Hall–Kier alpha value is -2.92. The summed E-state index contributed by atoms with van der Waals surface area (Å²) in [5.74, 6) is -0.0561. The Morgan fingerprint density at radius 1 is 1.04 bits per heavy atom. The largest absolute Gasteiger partial charge is 0.368 e. The molecule has 0 radical (unpaired) electrons. The Morgan fingerprint density at radius 3 is 2.54 bits per heavy atom. The molecule has 144 valence electrons. The van der Waals surface area contributed by atoms with E-state index in [2.05, 4.69) is 45.3 Å². The lowest BCUT2D eigenvalue weighted by molar-refractivity contribution is 0.0940. The molecular formula is C23H26N4O. The van der Waals surface area contributed by atoms with Crippen molar-refractivity contribution >= 4 is 22.4 Å². The third-order valence-electron chi connectivity index (χ3n) is 5.52. The number of pyridine rings is 1. The molecule has 3 aromatic rings. The number of hydrogen-bond acceptors (Lipinski definition) is 4. The van der Waals surface area contributed by atoms with Crippen LogP contribution in [0.3, 0.4) is 0 Å². The van der Waals surface area contributed by atoms with E-state index in [-0.39, 0.29) is 11.9 Å². The summed E-state index contributed by atoms with van der Waals surface area (Å²) < 4.78 is 0. The Kier molecular flexibility index (Phi) is 5.26. The lowest BCUT2D eigenvalue weighted by Gasteiger charge is -2.34. The first-order valence-electron chi connectivity index (χ1n) is 9.79. The van der Waals surface area contributed by atoms with E-state index in [9.17, 15) is 4.79 Å². The zero-order chi connectivity index (χ0) is 19.5. The van der Waals surface area contributed by atoms with Crippen molar-refractivity contribution < 1.29 is 4.79 Å². The van der Waals surface area contributed by atoms with Crippen molar-refractivity contribution in [2.45, 2.75) is 13.0 Å². The van der Waals surface area contributed by atoms with Gasteiger partial charge in [0, 0.05) is 55.2 Å². The first kappa shape index (κ1) is 18.4. The normalized spacial score (nSPS) is 16.1. The number of hydrogen-bond donors (Lipinski definition) is 1. The molecule has 1 N–H and O–H groups in total.